The van der Waals surface area contributed by atoms with Crippen molar-refractivity contribution >= 4 is 10.0 Å². The average Bonchev–Trinajstić information content (AvgIpc) is 2.68. The van der Waals surface area contributed by atoms with Crippen molar-refractivity contribution < 1.29 is 13.2 Å². The minimum absolute atomic E-state index is 0.00809. The second-order valence-corrected chi connectivity index (χ2v) is 10.4. The van der Waals surface area contributed by atoms with Gasteiger partial charge in [0.05, 0.1) is 24.5 Å². The SMILES string of the molecule is CCc1ccc2n(c1=O)[C@@H](COC1CCC(C)CC1)[C@@H](NS(=O)(=O)CC)CC2. The highest BCUT2D eigenvalue weighted by Crippen LogP contribution is 2.29. The molecular formula is C21H34N2O4S. The van der Waals surface area contributed by atoms with Gasteiger partial charge < -0.3 is 9.30 Å². The van der Waals surface area contributed by atoms with Gasteiger partial charge in [-0.3, -0.25) is 4.79 Å². The van der Waals surface area contributed by atoms with Gasteiger partial charge in [0.15, 0.2) is 0 Å². The Kier molecular flexibility index (Phi) is 6.99. The Morgan fingerprint density at radius 3 is 2.50 bits per heavy atom. The number of hydrogen-bond acceptors (Lipinski definition) is 4. The van der Waals surface area contributed by atoms with Crippen LogP contribution >= 0.6 is 0 Å². The van der Waals surface area contributed by atoms with E-state index in [1.807, 2.05) is 19.1 Å². The van der Waals surface area contributed by atoms with Crippen LogP contribution in [-0.2, 0) is 27.6 Å². The molecule has 1 saturated carbocycles. The Morgan fingerprint density at radius 1 is 1.14 bits per heavy atom. The van der Waals surface area contributed by atoms with Crippen LogP contribution in [0.1, 0.15) is 70.2 Å². The van der Waals surface area contributed by atoms with Crippen LogP contribution in [0.5, 0.6) is 0 Å². The van der Waals surface area contributed by atoms with E-state index in [0.717, 1.165) is 42.9 Å². The van der Waals surface area contributed by atoms with Crippen molar-refractivity contribution in [1.82, 2.24) is 9.29 Å². The first-order chi connectivity index (χ1) is 13.3. The second kappa shape index (κ2) is 9.09. The molecule has 0 bridgehead atoms. The molecule has 0 radical (unpaired) electrons. The normalized spacial score (nSPS) is 28.1. The van der Waals surface area contributed by atoms with Crippen LogP contribution < -0.4 is 10.3 Å². The maximum atomic E-state index is 13.1. The number of rotatable bonds is 7. The van der Waals surface area contributed by atoms with Crippen molar-refractivity contribution in [1.29, 1.82) is 0 Å². The molecule has 3 rings (SSSR count). The highest BCUT2D eigenvalue weighted by molar-refractivity contribution is 7.89. The fourth-order valence-electron chi connectivity index (χ4n) is 4.42. The zero-order valence-corrected chi connectivity index (χ0v) is 18.1. The fraction of sp³-hybridized carbons (Fsp3) is 0.762. The van der Waals surface area contributed by atoms with Gasteiger partial charge in [0.2, 0.25) is 10.0 Å². The summed E-state index contributed by atoms with van der Waals surface area (Å²) in [6, 6.07) is 3.30. The third-order valence-electron chi connectivity index (χ3n) is 6.34. The summed E-state index contributed by atoms with van der Waals surface area (Å²) in [5.41, 5.74) is 1.73. The zero-order valence-electron chi connectivity index (χ0n) is 17.3. The lowest BCUT2D eigenvalue weighted by atomic mass is 9.89. The van der Waals surface area contributed by atoms with Gasteiger partial charge in [-0.15, -0.1) is 0 Å². The van der Waals surface area contributed by atoms with E-state index >= 15 is 0 Å². The summed E-state index contributed by atoms with van der Waals surface area (Å²) in [6.07, 6.45) is 6.64. The Labute approximate surface area is 168 Å². The van der Waals surface area contributed by atoms with E-state index in [9.17, 15) is 13.2 Å². The minimum atomic E-state index is -3.35. The number of pyridine rings is 1. The molecule has 0 amide bonds. The standard InChI is InChI=1S/C21H34N2O4S/c1-4-16-8-9-17-10-13-19(22-28(25,26)5-2)20(23(17)21(16)24)14-27-18-11-6-15(3)7-12-18/h8-9,15,18-20,22H,4-7,10-14H2,1-3H3/t15?,18?,19-,20-/m0/s1. The fourth-order valence-corrected chi connectivity index (χ4v) is 5.32. The van der Waals surface area contributed by atoms with Crippen molar-refractivity contribution in [2.75, 3.05) is 12.4 Å². The van der Waals surface area contributed by atoms with Crippen molar-refractivity contribution in [2.24, 2.45) is 5.92 Å². The molecule has 1 aliphatic heterocycles. The predicted molar refractivity (Wildman–Crippen MR) is 111 cm³/mol. The molecule has 1 aliphatic carbocycles. The molecule has 2 heterocycles. The molecule has 2 aliphatic rings. The van der Waals surface area contributed by atoms with Gasteiger partial charge in [-0.25, -0.2) is 13.1 Å². The molecule has 6 nitrogen and oxygen atoms in total. The average molecular weight is 411 g/mol. The number of nitrogens with one attached hydrogen (secondary N) is 1. The number of sulfonamides is 1. The topological polar surface area (TPSA) is 77.4 Å². The van der Waals surface area contributed by atoms with Crippen LogP contribution in [0.4, 0.5) is 0 Å². The Hall–Kier alpha value is -1.18. The highest BCUT2D eigenvalue weighted by Gasteiger charge is 2.34. The number of hydrogen-bond donors (Lipinski definition) is 1. The summed E-state index contributed by atoms with van der Waals surface area (Å²) in [7, 11) is -3.35. The zero-order chi connectivity index (χ0) is 20.3. The van der Waals surface area contributed by atoms with Crippen molar-refractivity contribution in [3.63, 3.8) is 0 Å². The molecule has 158 valence electrons. The van der Waals surface area contributed by atoms with E-state index in [-0.39, 0.29) is 29.5 Å². The Bertz CT molecular complexity index is 825. The maximum Gasteiger partial charge on any atom is 0.254 e. The van der Waals surface area contributed by atoms with Gasteiger partial charge in [0.25, 0.3) is 5.56 Å². The van der Waals surface area contributed by atoms with Gasteiger partial charge in [0.1, 0.15) is 0 Å². The minimum Gasteiger partial charge on any atom is -0.376 e. The molecule has 2 atom stereocenters. The van der Waals surface area contributed by atoms with Gasteiger partial charge in [-0.05, 0) is 63.9 Å². The van der Waals surface area contributed by atoms with Crippen LogP contribution in [0.2, 0.25) is 0 Å². The summed E-state index contributed by atoms with van der Waals surface area (Å²) in [5, 5.41) is 0. The van der Waals surface area contributed by atoms with E-state index < -0.39 is 10.0 Å². The number of nitrogens with zero attached hydrogens (tertiary/aromatic N) is 1. The van der Waals surface area contributed by atoms with E-state index in [4.69, 9.17) is 4.74 Å². The first-order valence-corrected chi connectivity index (χ1v) is 12.3. The summed E-state index contributed by atoms with van der Waals surface area (Å²) in [5.74, 6) is 0.781. The predicted octanol–water partition coefficient (Wildman–Crippen LogP) is 2.80. The third kappa shape index (κ3) is 4.86. The van der Waals surface area contributed by atoms with E-state index in [1.165, 1.54) is 0 Å². The molecule has 1 fully saturated rings. The summed E-state index contributed by atoms with van der Waals surface area (Å²) < 4.78 is 35.3. The number of aryl methyl sites for hydroxylation is 2. The van der Waals surface area contributed by atoms with Crippen LogP contribution in [0.25, 0.3) is 0 Å². The molecule has 1 aromatic heterocycles. The van der Waals surface area contributed by atoms with E-state index in [2.05, 4.69) is 11.6 Å². The quantitative estimate of drug-likeness (QED) is 0.750. The highest BCUT2D eigenvalue weighted by atomic mass is 32.2. The monoisotopic (exact) mass is 410 g/mol. The molecule has 7 heteroatoms. The lowest BCUT2D eigenvalue weighted by Crippen LogP contribution is -2.50. The van der Waals surface area contributed by atoms with Crippen LogP contribution in [0, 0.1) is 5.92 Å². The van der Waals surface area contributed by atoms with Crippen molar-refractivity contribution in [2.45, 2.75) is 83.9 Å². The molecule has 1 N–H and O–H groups in total. The first-order valence-electron chi connectivity index (χ1n) is 10.7. The lowest BCUT2D eigenvalue weighted by Gasteiger charge is -2.37. The van der Waals surface area contributed by atoms with Crippen LogP contribution in [0.15, 0.2) is 16.9 Å². The summed E-state index contributed by atoms with van der Waals surface area (Å²) >= 11 is 0. The molecular weight excluding hydrogens is 376 g/mol. The van der Waals surface area contributed by atoms with Crippen LogP contribution in [-0.4, -0.2) is 37.5 Å². The smallest absolute Gasteiger partial charge is 0.254 e. The summed E-state index contributed by atoms with van der Waals surface area (Å²) in [4.78, 5) is 13.1. The Morgan fingerprint density at radius 2 is 1.86 bits per heavy atom. The largest absolute Gasteiger partial charge is 0.376 e. The molecule has 0 aromatic carbocycles. The van der Waals surface area contributed by atoms with Gasteiger partial charge in [-0.2, -0.15) is 0 Å². The van der Waals surface area contributed by atoms with E-state index in [1.54, 1.807) is 11.5 Å². The van der Waals surface area contributed by atoms with Crippen molar-refractivity contribution in [3.05, 3.63) is 33.7 Å². The number of aromatic nitrogens is 1. The van der Waals surface area contributed by atoms with Crippen molar-refractivity contribution in [3.8, 4) is 0 Å². The first kappa shape index (κ1) is 21.5. The van der Waals surface area contributed by atoms with Gasteiger partial charge >= 0.3 is 0 Å². The van der Waals surface area contributed by atoms with Gasteiger partial charge in [-0.1, -0.05) is 19.9 Å². The van der Waals surface area contributed by atoms with Crippen LogP contribution in [0.3, 0.4) is 0 Å². The maximum absolute atomic E-state index is 13.1. The summed E-state index contributed by atoms with van der Waals surface area (Å²) in [6.45, 7) is 6.25. The Balaban J connectivity index is 1.86. The molecule has 28 heavy (non-hydrogen) atoms. The lowest BCUT2D eigenvalue weighted by molar-refractivity contribution is -0.00540. The second-order valence-electron chi connectivity index (χ2n) is 8.33. The van der Waals surface area contributed by atoms with Gasteiger partial charge in [0, 0.05) is 17.3 Å². The molecule has 1 aromatic rings. The third-order valence-corrected chi connectivity index (χ3v) is 7.77. The number of fused-ring (bicyclic) bond motifs is 1. The molecule has 0 unspecified atom stereocenters. The van der Waals surface area contributed by atoms with E-state index in [0.29, 0.717) is 25.9 Å². The molecule has 0 saturated heterocycles. The molecule has 0 spiro atoms. The number of ether oxygens (including phenoxy) is 1.